The Kier molecular flexibility index (Phi) is 3.21. The molecule has 0 saturated heterocycles. The lowest BCUT2D eigenvalue weighted by atomic mass is 10.6. The predicted octanol–water partition coefficient (Wildman–Crippen LogP) is 0.604. The summed E-state index contributed by atoms with van der Waals surface area (Å²) in [5.41, 5.74) is 0. The van der Waals surface area contributed by atoms with Crippen LogP contribution in [0.1, 0.15) is 6.92 Å². The molecule has 0 unspecified atom stereocenters. The van der Waals surface area contributed by atoms with Gasteiger partial charge in [-0.1, -0.05) is 0 Å². The first-order valence-electron chi connectivity index (χ1n) is 3.43. The van der Waals surface area contributed by atoms with Gasteiger partial charge < -0.3 is 4.74 Å². The number of carbonyl (C=O) groups is 1. The third-order valence-corrected chi connectivity index (χ3v) is 1.47. The van der Waals surface area contributed by atoms with E-state index >= 15 is 0 Å². The van der Waals surface area contributed by atoms with Gasteiger partial charge in [0, 0.05) is 0 Å². The standard InChI is InChI=1S/C6H8BrN3O2/c1-2-12-5(11)3-10-4-8-6(7)9-10/h4H,2-3H2,1H3. The molecule has 12 heavy (non-hydrogen) atoms. The molecule has 0 spiro atoms. The second-order valence-electron chi connectivity index (χ2n) is 2.02. The van der Waals surface area contributed by atoms with Gasteiger partial charge in [0.1, 0.15) is 12.9 Å². The van der Waals surface area contributed by atoms with Gasteiger partial charge in [0.2, 0.25) is 4.73 Å². The van der Waals surface area contributed by atoms with E-state index < -0.39 is 0 Å². The van der Waals surface area contributed by atoms with E-state index in [2.05, 4.69) is 26.0 Å². The van der Waals surface area contributed by atoms with Crippen LogP contribution in [0.15, 0.2) is 11.1 Å². The summed E-state index contributed by atoms with van der Waals surface area (Å²) < 4.78 is 6.58. The molecule has 0 bridgehead atoms. The van der Waals surface area contributed by atoms with Gasteiger partial charge in [0.15, 0.2) is 0 Å². The zero-order valence-electron chi connectivity index (χ0n) is 6.53. The molecule has 0 aliphatic heterocycles. The molecule has 0 aromatic carbocycles. The molecule has 5 nitrogen and oxygen atoms in total. The van der Waals surface area contributed by atoms with E-state index in [4.69, 9.17) is 4.74 Å². The van der Waals surface area contributed by atoms with E-state index in [1.165, 1.54) is 11.0 Å². The van der Waals surface area contributed by atoms with Gasteiger partial charge in [-0.25, -0.2) is 9.67 Å². The Hall–Kier alpha value is -0.910. The molecule has 0 fully saturated rings. The van der Waals surface area contributed by atoms with Crippen LogP contribution in [0.4, 0.5) is 0 Å². The first-order chi connectivity index (χ1) is 5.72. The monoisotopic (exact) mass is 233 g/mol. The van der Waals surface area contributed by atoms with E-state index in [1.807, 2.05) is 0 Å². The highest BCUT2D eigenvalue weighted by Crippen LogP contribution is 1.98. The maximum atomic E-state index is 10.9. The third-order valence-electron chi connectivity index (χ3n) is 1.10. The van der Waals surface area contributed by atoms with Gasteiger partial charge in [-0.15, -0.1) is 5.10 Å². The number of ether oxygens (including phenoxy) is 1. The van der Waals surface area contributed by atoms with Crippen molar-refractivity contribution >= 4 is 21.9 Å². The Balaban J connectivity index is 2.46. The fourth-order valence-corrected chi connectivity index (χ4v) is 0.982. The van der Waals surface area contributed by atoms with Crippen LogP contribution in [0, 0.1) is 0 Å². The second-order valence-corrected chi connectivity index (χ2v) is 2.73. The fraction of sp³-hybridized carbons (Fsp3) is 0.500. The van der Waals surface area contributed by atoms with Crippen LogP contribution in [0.25, 0.3) is 0 Å². The molecular formula is C6H8BrN3O2. The molecule has 0 saturated carbocycles. The zero-order chi connectivity index (χ0) is 8.97. The van der Waals surface area contributed by atoms with Crippen molar-refractivity contribution in [2.45, 2.75) is 13.5 Å². The molecule has 1 aromatic heterocycles. The number of halogens is 1. The lowest BCUT2D eigenvalue weighted by Gasteiger charge is -1.99. The van der Waals surface area contributed by atoms with E-state index in [9.17, 15) is 4.79 Å². The number of nitrogens with zero attached hydrogens (tertiary/aromatic N) is 3. The molecule has 6 heteroatoms. The summed E-state index contributed by atoms with van der Waals surface area (Å²) in [6.45, 7) is 2.25. The summed E-state index contributed by atoms with van der Waals surface area (Å²) in [4.78, 5) is 14.7. The second kappa shape index (κ2) is 4.20. The van der Waals surface area contributed by atoms with Crippen molar-refractivity contribution in [3.05, 3.63) is 11.1 Å². The SMILES string of the molecule is CCOC(=O)Cn1cnc(Br)n1. The molecule has 0 amide bonds. The molecular weight excluding hydrogens is 226 g/mol. The number of hydrogen-bond donors (Lipinski definition) is 0. The van der Waals surface area contributed by atoms with Crippen LogP contribution >= 0.6 is 15.9 Å². The molecule has 1 aromatic rings. The average Bonchev–Trinajstić information content (AvgIpc) is 2.36. The predicted molar refractivity (Wildman–Crippen MR) is 44.4 cm³/mol. The average molecular weight is 234 g/mol. The lowest BCUT2D eigenvalue weighted by molar-refractivity contribution is -0.144. The Morgan fingerprint density at radius 3 is 3.08 bits per heavy atom. The molecule has 66 valence electrons. The van der Waals surface area contributed by atoms with Crippen molar-refractivity contribution < 1.29 is 9.53 Å². The summed E-state index contributed by atoms with van der Waals surface area (Å²) in [7, 11) is 0. The summed E-state index contributed by atoms with van der Waals surface area (Å²) in [6.07, 6.45) is 1.46. The van der Waals surface area contributed by atoms with Crippen molar-refractivity contribution in [3.63, 3.8) is 0 Å². The molecule has 0 aliphatic carbocycles. The number of esters is 1. The van der Waals surface area contributed by atoms with Crippen molar-refractivity contribution in [2.75, 3.05) is 6.61 Å². The topological polar surface area (TPSA) is 57.0 Å². The van der Waals surface area contributed by atoms with Crippen LogP contribution in [0.2, 0.25) is 0 Å². The minimum Gasteiger partial charge on any atom is -0.465 e. The van der Waals surface area contributed by atoms with E-state index in [0.717, 1.165) is 0 Å². The smallest absolute Gasteiger partial charge is 0.327 e. The molecule has 0 radical (unpaired) electrons. The van der Waals surface area contributed by atoms with Gasteiger partial charge >= 0.3 is 5.97 Å². The highest BCUT2D eigenvalue weighted by Gasteiger charge is 2.04. The van der Waals surface area contributed by atoms with Gasteiger partial charge in [-0.05, 0) is 22.9 Å². The van der Waals surface area contributed by atoms with Crippen LogP contribution in [0.5, 0.6) is 0 Å². The molecule has 1 rings (SSSR count). The van der Waals surface area contributed by atoms with E-state index in [-0.39, 0.29) is 12.5 Å². The van der Waals surface area contributed by atoms with Crippen molar-refractivity contribution in [3.8, 4) is 0 Å². The van der Waals surface area contributed by atoms with E-state index in [0.29, 0.717) is 11.3 Å². The largest absolute Gasteiger partial charge is 0.465 e. The Morgan fingerprint density at radius 1 is 1.83 bits per heavy atom. The minimum atomic E-state index is -0.310. The van der Waals surface area contributed by atoms with Gasteiger partial charge in [-0.2, -0.15) is 0 Å². The lowest BCUT2D eigenvalue weighted by Crippen LogP contribution is -2.13. The van der Waals surface area contributed by atoms with Crippen LogP contribution in [-0.4, -0.2) is 27.3 Å². The van der Waals surface area contributed by atoms with E-state index in [1.54, 1.807) is 6.92 Å². The molecule has 1 heterocycles. The summed E-state index contributed by atoms with van der Waals surface area (Å²) >= 11 is 3.07. The van der Waals surface area contributed by atoms with Gasteiger partial charge in [0.05, 0.1) is 6.61 Å². The number of rotatable bonds is 3. The Bertz CT molecular complexity index is 274. The van der Waals surface area contributed by atoms with Gasteiger partial charge in [-0.3, -0.25) is 4.79 Å². The normalized spacial score (nSPS) is 9.83. The number of carbonyl (C=O) groups excluding carboxylic acids is 1. The maximum Gasteiger partial charge on any atom is 0.327 e. The Labute approximate surface area is 77.9 Å². The van der Waals surface area contributed by atoms with Crippen molar-refractivity contribution in [2.24, 2.45) is 0 Å². The first-order valence-corrected chi connectivity index (χ1v) is 4.22. The third kappa shape index (κ3) is 2.61. The highest BCUT2D eigenvalue weighted by molar-refractivity contribution is 9.10. The summed E-state index contributed by atoms with van der Waals surface area (Å²) in [5, 5.41) is 3.85. The fourth-order valence-electron chi connectivity index (χ4n) is 0.687. The maximum absolute atomic E-state index is 10.9. The Morgan fingerprint density at radius 2 is 2.58 bits per heavy atom. The quantitative estimate of drug-likeness (QED) is 0.718. The van der Waals surface area contributed by atoms with Crippen LogP contribution in [0.3, 0.4) is 0 Å². The zero-order valence-corrected chi connectivity index (χ0v) is 8.11. The van der Waals surface area contributed by atoms with Gasteiger partial charge in [0.25, 0.3) is 0 Å². The van der Waals surface area contributed by atoms with Crippen molar-refractivity contribution in [1.82, 2.24) is 14.8 Å². The molecule has 0 atom stereocenters. The van der Waals surface area contributed by atoms with Crippen molar-refractivity contribution in [1.29, 1.82) is 0 Å². The molecule has 0 aliphatic rings. The summed E-state index contributed by atoms with van der Waals surface area (Å²) in [5.74, 6) is -0.310. The highest BCUT2D eigenvalue weighted by atomic mass is 79.9. The minimum absolute atomic E-state index is 0.104. The molecule has 0 N–H and O–H groups in total. The van der Waals surface area contributed by atoms with Crippen LogP contribution in [-0.2, 0) is 16.1 Å². The summed E-state index contributed by atoms with van der Waals surface area (Å²) in [6, 6.07) is 0. The first kappa shape index (κ1) is 9.18. The van der Waals surface area contributed by atoms with Crippen LogP contribution < -0.4 is 0 Å². The number of aromatic nitrogens is 3. The number of hydrogen-bond acceptors (Lipinski definition) is 4.